The first kappa shape index (κ1) is 57.6. The Hall–Kier alpha value is -3.41. The van der Waals surface area contributed by atoms with Crippen LogP contribution in [0, 0.1) is 0 Å². The van der Waals surface area contributed by atoms with Crippen molar-refractivity contribution in [3.8, 4) is 0 Å². The molecule has 0 amide bonds. The van der Waals surface area contributed by atoms with Crippen LogP contribution in [0.2, 0.25) is 0 Å². The van der Waals surface area contributed by atoms with Gasteiger partial charge in [-0.1, -0.05) is 221 Å². The number of unbranched alkanes of at least 4 members (excludes halogenated alkanes) is 22. The molecule has 348 valence electrons. The highest BCUT2D eigenvalue weighted by molar-refractivity contribution is 5.71. The van der Waals surface area contributed by atoms with Crippen molar-refractivity contribution in [3.05, 3.63) is 85.1 Å². The molecular weight excluding hydrogens is 757 g/mol. The van der Waals surface area contributed by atoms with Crippen LogP contribution in [-0.4, -0.2) is 37.2 Å². The SMILES string of the molecule is CC\C=C/C=C\C=C/C=C\CCCCCCCC(=O)OC(COC(=O)CCCCCCCCCCC)COC(=O)CCCCCCCCCCC/C=C\C/C=C\C/C=C\CC. The molecule has 0 saturated carbocycles. The molecule has 0 aliphatic carbocycles. The van der Waals surface area contributed by atoms with Crippen molar-refractivity contribution >= 4 is 17.9 Å². The number of esters is 3. The van der Waals surface area contributed by atoms with Crippen LogP contribution in [0.25, 0.3) is 0 Å². The maximum Gasteiger partial charge on any atom is 0.306 e. The van der Waals surface area contributed by atoms with Gasteiger partial charge in [-0.3, -0.25) is 14.4 Å². The van der Waals surface area contributed by atoms with Gasteiger partial charge in [0.25, 0.3) is 0 Å². The number of allylic oxidation sites excluding steroid dienone is 14. The maximum atomic E-state index is 12.8. The molecule has 61 heavy (non-hydrogen) atoms. The van der Waals surface area contributed by atoms with Crippen LogP contribution >= 0.6 is 0 Å². The van der Waals surface area contributed by atoms with Crippen molar-refractivity contribution in [3.63, 3.8) is 0 Å². The van der Waals surface area contributed by atoms with E-state index in [1.807, 2.05) is 18.2 Å². The molecule has 0 aromatic carbocycles. The summed E-state index contributed by atoms with van der Waals surface area (Å²) in [7, 11) is 0. The monoisotopic (exact) mass is 849 g/mol. The lowest BCUT2D eigenvalue weighted by Crippen LogP contribution is -2.30. The van der Waals surface area contributed by atoms with Gasteiger partial charge in [-0.25, -0.2) is 0 Å². The fraction of sp³-hybridized carbons (Fsp3) is 0.691. The van der Waals surface area contributed by atoms with E-state index >= 15 is 0 Å². The Balaban J connectivity index is 4.36. The summed E-state index contributed by atoms with van der Waals surface area (Å²) in [5, 5.41) is 0. The third kappa shape index (κ3) is 47.5. The molecular formula is C55H92O6. The summed E-state index contributed by atoms with van der Waals surface area (Å²) in [6.07, 6.45) is 62.8. The van der Waals surface area contributed by atoms with Gasteiger partial charge in [0, 0.05) is 19.3 Å². The second-order valence-electron chi connectivity index (χ2n) is 16.4. The number of ether oxygens (including phenoxy) is 3. The fourth-order valence-electron chi connectivity index (χ4n) is 6.76. The Kier molecular flexibility index (Phi) is 46.5. The van der Waals surface area contributed by atoms with Crippen LogP contribution in [-0.2, 0) is 28.6 Å². The maximum absolute atomic E-state index is 12.8. The zero-order chi connectivity index (χ0) is 44.4. The van der Waals surface area contributed by atoms with E-state index in [2.05, 4.69) is 87.6 Å². The zero-order valence-corrected chi connectivity index (χ0v) is 39.7. The summed E-state index contributed by atoms with van der Waals surface area (Å²) in [5.41, 5.74) is 0. The van der Waals surface area contributed by atoms with Crippen LogP contribution in [0.4, 0.5) is 0 Å². The number of rotatable bonds is 44. The number of hydrogen-bond acceptors (Lipinski definition) is 6. The van der Waals surface area contributed by atoms with E-state index in [4.69, 9.17) is 14.2 Å². The normalized spacial score (nSPS) is 12.8. The number of carbonyl (C=O) groups excluding carboxylic acids is 3. The third-order valence-electron chi connectivity index (χ3n) is 10.5. The van der Waals surface area contributed by atoms with E-state index < -0.39 is 6.10 Å². The predicted molar refractivity (Wildman–Crippen MR) is 261 cm³/mol. The van der Waals surface area contributed by atoms with Crippen LogP contribution in [0.15, 0.2) is 85.1 Å². The molecule has 0 spiro atoms. The number of carbonyl (C=O) groups is 3. The molecule has 0 heterocycles. The first-order chi connectivity index (χ1) is 30.0. The van der Waals surface area contributed by atoms with E-state index in [-0.39, 0.29) is 31.1 Å². The Labute approximate surface area is 375 Å². The molecule has 1 unspecified atom stereocenters. The summed E-state index contributed by atoms with van der Waals surface area (Å²) in [4.78, 5) is 37.9. The second kappa shape index (κ2) is 49.2. The van der Waals surface area contributed by atoms with Crippen molar-refractivity contribution in [1.82, 2.24) is 0 Å². The summed E-state index contributed by atoms with van der Waals surface area (Å²) < 4.78 is 16.7. The van der Waals surface area contributed by atoms with Gasteiger partial charge in [0.05, 0.1) is 0 Å². The van der Waals surface area contributed by atoms with E-state index in [1.54, 1.807) is 0 Å². The Morgan fingerprint density at radius 3 is 1.20 bits per heavy atom. The molecule has 0 aliphatic rings. The molecule has 0 radical (unpaired) electrons. The molecule has 6 heteroatoms. The molecule has 0 fully saturated rings. The van der Waals surface area contributed by atoms with E-state index in [1.165, 1.54) is 83.5 Å². The molecule has 0 rings (SSSR count). The first-order valence-corrected chi connectivity index (χ1v) is 25.1. The minimum Gasteiger partial charge on any atom is -0.462 e. The summed E-state index contributed by atoms with van der Waals surface area (Å²) in [5.74, 6) is -0.921. The van der Waals surface area contributed by atoms with Gasteiger partial charge >= 0.3 is 17.9 Å². The zero-order valence-electron chi connectivity index (χ0n) is 39.7. The lowest BCUT2D eigenvalue weighted by Gasteiger charge is -2.18. The second-order valence-corrected chi connectivity index (χ2v) is 16.4. The molecule has 0 saturated heterocycles. The summed E-state index contributed by atoms with van der Waals surface area (Å²) in [6, 6.07) is 0. The van der Waals surface area contributed by atoms with E-state index in [0.717, 1.165) is 103 Å². The molecule has 6 nitrogen and oxygen atoms in total. The Morgan fingerprint density at radius 1 is 0.361 bits per heavy atom. The molecule has 0 bridgehead atoms. The predicted octanol–water partition coefficient (Wildman–Crippen LogP) is 16.4. The fourth-order valence-corrected chi connectivity index (χ4v) is 6.76. The van der Waals surface area contributed by atoms with Gasteiger partial charge in [0.1, 0.15) is 13.2 Å². The van der Waals surface area contributed by atoms with Gasteiger partial charge in [-0.2, -0.15) is 0 Å². The van der Waals surface area contributed by atoms with Gasteiger partial charge in [0.2, 0.25) is 0 Å². The van der Waals surface area contributed by atoms with Crippen LogP contribution in [0.1, 0.15) is 226 Å². The average Bonchev–Trinajstić information content (AvgIpc) is 3.26. The standard InChI is InChI=1S/C55H92O6/c1-4-7-10-13-16-19-21-23-25-26-27-28-30-31-33-36-39-42-45-48-54(57)60-51-52(50-59-53(56)47-44-41-38-35-18-15-12-9-6-3)61-55(58)49-46-43-40-37-34-32-29-24-22-20-17-14-11-8-5-2/h7-8,10-11,14,16-17,19-20,22-25,29,52H,4-6,9,12-13,15,18,21,26-28,30-51H2,1-3H3/b10-7-,11-8-,17-14-,19-16-,22-20-,25-23-,29-24-. The van der Waals surface area contributed by atoms with Crippen LogP contribution < -0.4 is 0 Å². The van der Waals surface area contributed by atoms with Crippen LogP contribution in [0.3, 0.4) is 0 Å². The Bertz CT molecular complexity index is 1200. The highest BCUT2D eigenvalue weighted by Gasteiger charge is 2.19. The number of hydrogen-bond donors (Lipinski definition) is 0. The van der Waals surface area contributed by atoms with Crippen molar-refractivity contribution in [2.24, 2.45) is 0 Å². The smallest absolute Gasteiger partial charge is 0.306 e. The van der Waals surface area contributed by atoms with E-state index in [0.29, 0.717) is 19.3 Å². The van der Waals surface area contributed by atoms with Crippen molar-refractivity contribution in [1.29, 1.82) is 0 Å². The minimum atomic E-state index is -0.788. The highest BCUT2D eigenvalue weighted by atomic mass is 16.6. The highest BCUT2D eigenvalue weighted by Crippen LogP contribution is 2.14. The van der Waals surface area contributed by atoms with Crippen LogP contribution in [0.5, 0.6) is 0 Å². The molecule has 0 N–H and O–H groups in total. The molecule has 0 aliphatic heterocycles. The average molecular weight is 849 g/mol. The third-order valence-corrected chi connectivity index (χ3v) is 10.5. The lowest BCUT2D eigenvalue weighted by molar-refractivity contribution is -0.167. The minimum absolute atomic E-state index is 0.0874. The van der Waals surface area contributed by atoms with Crippen molar-refractivity contribution < 1.29 is 28.6 Å². The quantitative estimate of drug-likeness (QED) is 0.0200. The first-order valence-electron chi connectivity index (χ1n) is 25.1. The van der Waals surface area contributed by atoms with Gasteiger partial charge < -0.3 is 14.2 Å². The Morgan fingerprint density at radius 2 is 0.721 bits per heavy atom. The van der Waals surface area contributed by atoms with E-state index in [9.17, 15) is 14.4 Å². The molecule has 0 aromatic heterocycles. The topological polar surface area (TPSA) is 78.9 Å². The summed E-state index contributed by atoms with van der Waals surface area (Å²) >= 11 is 0. The van der Waals surface area contributed by atoms with Crippen molar-refractivity contribution in [2.75, 3.05) is 13.2 Å². The largest absolute Gasteiger partial charge is 0.462 e. The van der Waals surface area contributed by atoms with Gasteiger partial charge in [-0.15, -0.1) is 0 Å². The summed E-state index contributed by atoms with van der Waals surface area (Å²) in [6.45, 7) is 6.34. The molecule has 0 aromatic rings. The van der Waals surface area contributed by atoms with Crippen molar-refractivity contribution in [2.45, 2.75) is 232 Å². The van der Waals surface area contributed by atoms with Gasteiger partial charge in [-0.05, 0) is 70.6 Å². The molecule has 1 atom stereocenters. The van der Waals surface area contributed by atoms with Gasteiger partial charge in [0.15, 0.2) is 6.10 Å². The lowest BCUT2D eigenvalue weighted by atomic mass is 10.1.